The maximum Gasteiger partial charge on any atom is 0.469 e. The molecular formula is C33H46Cl2NO6P. The Morgan fingerprint density at radius 3 is 2.44 bits per heavy atom. The van der Waals surface area contributed by atoms with Crippen molar-refractivity contribution >= 4 is 42.7 Å². The fourth-order valence-corrected chi connectivity index (χ4v) is 9.84. The van der Waals surface area contributed by atoms with E-state index in [9.17, 15) is 19.1 Å². The van der Waals surface area contributed by atoms with Gasteiger partial charge in [0.15, 0.2) is 0 Å². The summed E-state index contributed by atoms with van der Waals surface area (Å²) in [4.78, 5) is 33.9. The summed E-state index contributed by atoms with van der Waals surface area (Å²) in [5.74, 6) is 3.08. The largest absolute Gasteiger partial charge is 0.469 e. The Morgan fingerprint density at radius 1 is 1.05 bits per heavy atom. The van der Waals surface area contributed by atoms with Gasteiger partial charge in [0.05, 0.1) is 6.10 Å². The minimum absolute atomic E-state index is 0.0254. The molecule has 5 rings (SSSR count). The first-order valence-electron chi connectivity index (χ1n) is 15.8. The van der Waals surface area contributed by atoms with Gasteiger partial charge in [0.2, 0.25) is 0 Å². The third-order valence-corrected chi connectivity index (χ3v) is 11.9. The molecule has 43 heavy (non-hydrogen) atoms. The van der Waals surface area contributed by atoms with E-state index >= 15 is 0 Å². The number of hydrogen-bond acceptors (Lipinski definition) is 5. The van der Waals surface area contributed by atoms with Crippen molar-refractivity contribution in [2.24, 2.45) is 28.6 Å². The zero-order valence-corrected chi connectivity index (χ0v) is 27.8. The highest BCUT2D eigenvalue weighted by Crippen LogP contribution is 2.66. The second kappa shape index (κ2) is 13.6. The number of anilines is 1. The van der Waals surface area contributed by atoms with Crippen LogP contribution in [0.25, 0.3) is 0 Å². The highest BCUT2D eigenvalue weighted by molar-refractivity contribution is 7.46. The van der Waals surface area contributed by atoms with Gasteiger partial charge in [-0.15, -0.1) is 23.2 Å². The van der Waals surface area contributed by atoms with E-state index in [4.69, 9.17) is 32.5 Å². The molecule has 0 radical (unpaired) electrons. The number of ether oxygens (including phenoxy) is 1. The lowest BCUT2D eigenvalue weighted by molar-refractivity contribution is -0.140. The van der Waals surface area contributed by atoms with Gasteiger partial charge in [-0.1, -0.05) is 32.1 Å². The molecule has 1 aromatic rings. The smallest absolute Gasteiger partial charge is 0.431 e. The molecule has 7 nitrogen and oxygen atoms in total. The molecule has 0 heterocycles. The number of aryl methyl sites for hydroxylation is 1. The molecular weight excluding hydrogens is 608 g/mol. The monoisotopic (exact) mass is 653 g/mol. The van der Waals surface area contributed by atoms with Crippen molar-refractivity contribution in [1.82, 2.24) is 0 Å². The van der Waals surface area contributed by atoms with E-state index in [0.29, 0.717) is 42.4 Å². The fraction of sp³-hybridized carbons (Fsp3) is 0.667. The number of fused-ring (bicyclic) bond motifs is 5. The number of carbonyl (C=O) groups is 1. The molecule has 4 aliphatic carbocycles. The zero-order valence-electron chi connectivity index (χ0n) is 25.4. The highest BCUT2D eigenvalue weighted by atomic mass is 35.5. The van der Waals surface area contributed by atoms with Gasteiger partial charge in [0.1, 0.15) is 5.76 Å². The second-order valence-electron chi connectivity index (χ2n) is 13.4. The molecule has 1 aromatic carbocycles. The Kier molecular flexibility index (Phi) is 10.4. The van der Waals surface area contributed by atoms with Crippen LogP contribution in [0.4, 0.5) is 5.69 Å². The highest BCUT2D eigenvalue weighted by Gasteiger charge is 2.59. The minimum Gasteiger partial charge on any atom is -0.431 e. The lowest BCUT2D eigenvalue weighted by atomic mass is 9.48. The number of carbonyl (C=O) groups excluding carboxylic acids is 1. The van der Waals surface area contributed by atoms with Gasteiger partial charge in [-0.2, -0.15) is 0 Å². The molecule has 0 amide bonds. The molecule has 0 spiro atoms. The number of rotatable bonds is 12. The van der Waals surface area contributed by atoms with Crippen LogP contribution in [0.5, 0.6) is 0 Å². The van der Waals surface area contributed by atoms with Gasteiger partial charge < -0.3 is 19.4 Å². The number of nitrogens with zero attached hydrogens (tertiary/aromatic N) is 1. The van der Waals surface area contributed by atoms with Gasteiger partial charge in [0, 0.05) is 43.4 Å². The molecule has 0 unspecified atom stereocenters. The maximum atomic E-state index is 12.8. The van der Waals surface area contributed by atoms with E-state index < -0.39 is 7.82 Å². The van der Waals surface area contributed by atoms with Crippen molar-refractivity contribution in [2.75, 3.05) is 29.7 Å². The molecule has 2 saturated carbocycles. The van der Waals surface area contributed by atoms with Crippen LogP contribution >= 0.6 is 31.0 Å². The third-order valence-electron chi connectivity index (χ3n) is 11.0. The van der Waals surface area contributed by atoms with E-state index in [0.717, 1.165) is 75.9 Å². The van der Waals surface area contributed by atoms with Gasteiger partial charge in [-0.3, -0.25) is 9.32 Å². The van der Waals surface area contributed by atoms with Crippen molar-refractivity contribution in [1.29, 1.82) is 0 Å². The Labute approximate surface area is 266 Å². The average Bonchev–Trinajstić information content (AvgIpc) is 3.28. The van der Waals surface area contributed by atoms with Crippen LogP contribution in [0.1, 0.15) is 77.2 Å². The molecule has 0 aromatic heterocycles. The summed E-state index contributed by atoms with van der Waals surface area (Å²) >= 11 is 11.9. The van der Waals surface area contributed by atoms with Crippen LogP contribution in [-0.4, -0.2) is 46.7 Å². The van der Waals surface area contributed by atoms with Crippen LogP contribution in [0, 0.1) is 28.6 Å². The number of halogens is 2. The standard InChI is InChI=1S/C33H46Cl2NO6P/c1-32-16-14-26(41-31(37)5-3-4-23-6-9-25(10-7-23)36(20-18-34)21-19-35)22-24(32)8-11-27-28-12-13-30(42-43(38,39)40)33(28,2)17-15-29(27)32/h6-10,22,27-30H,3-5,11-21H2,1-2H3,(H2,38,39,40)/t27-,28-,29-,30-,32-,33-/m0/s1. The van der Waals surface area contributed by atoms with Crippen molar-refractivity contribution in [3.05, 3.63) is 53.3 Å². The summed E-state index contributed by atoms with van der Waals surface area (Å²) in [5, 5.41) is 0. The average molecular weight is 655 g/mol. The van der Waals surface area contributed by atoms with Crippen LogP contribution in [0.15, 0.2) is 47.7 Å². The first kappa shape index (κ1) is 33.0. The number of hydrogen-bond donors (Lipinski definition) is 2. The number of allylic oxidation sites excluding steroid dienone is 4. The van der Waals surface area contributed by atoms with Gasteiger partial charge in [-0.25, -0.2) is 4.57 Å². The van der Waals surface area contributed by atoms with Crippen LogP contribution in [0.3, 0.4) is 0 Å². The summed E-state index contributed by atoms with van der Waals surface area (Å²) in [6.45, 7) is 6.05. The van der Waals surface area contributed by atoms with E-state index in [-0.39, 0.29) is 22.9 Å². The van der Waals surface area contributed by atoms with E-state index in [1.54, 1.807) is 0 Å². The topological polar surface area (TPSA) is 96.3 Å². The van der Waals surface area contributed by atoms with E-state index in [1.165, 1.54) is 11.1 Å². The molecule has 0 aliphatic heterocycles. The lowest BCUT2D eigenvalue weighted by Gasteiger charge is -2.56. The quantitative estimate of drug-likeness (QED) is 0.135. The second-order valence-corrected chi connectivity index (χ2v) is 15.3. The number of phosphoric ester groups is 1. The van der Waals surface area contributed by atoms with Gasteiger partial charge >= 0.3 is 13.8 Å². The predicted octanol–water partition coefficient (Wildman–Crippen LogP) is 7.77. The summed E-state index contributed by atoms with van der Waals surface area (Å²) in [5.41, 5.74) is 3.40. The SMILES string of the molecule is C[C@]12CC[C@H]3[C@@H](CC=C4C=C(OC(=O)CCCc5ccc(N(CCCl)CCCl)cc5)CC[C@@]43C)[C@@H]1CC[C@@H]2OP(=O)(O)O. The summed E-state index contributed by atoms with van der Waals surface area (Å²) in [7, 11) is -4.52. The molecule has 2 N–H and O–H groups in total. The lowest BCUT2D eigenvalue weighted by Crippen LogP contribution is -2.50. The van der Waals surface area contributed by atoms with Gasteiger partial charge in [0.25, 0.3) is 0 Å². The Balaban J connectivity index is 1.15. The van der Waals surface area contributed by atoms with E-state index in [2.05, 4.69) is 55.2 Å². The van der Waals surface area contributed by atoms with Crippen LogP contribution in [-0.2, 0) is 25.0 Å². The summed E-state index contributed by atoms with van der Waals surface area (Å²) in [6.07, 6.45) is 12.2. The first-order chi connectivity index (χ1) is 20.5. The Morgan fingerprint density at radius 2 is 1.77 bits per heavy atom. The van der Waals surface area contributed by atoms with E-state index in [1.807, 2.05) is 0 Å². The number of alkyl halides is 2. The number of phosphoric acid groups is 1. The summed E-state index contributed by atoms with van der Waals surface area (Å²) in [6, 6.07) is 8.39. The zero-order chi connectivity index (χ0) is 30.8. The minimum atomic E-state index is -4.52. The van der Waals surface area contributed by atoms with Crippen molar-refractivity contribution in [2.45, 2.75) is 84.2 Å². The molecule has 238 valence electrons. The predicted molar refractivity (Wildman–Crippen MR) is 171 cm³/mol. The third kappa shape index (κ3) is 7.23. The maximum absolute atomic E-state index is 12.8. The molecule has 10 heteroatoms. The van der Waals surface area contributed by atoms with Crippen LogP contribution < -0.4 is 4.90 Å². The number of benzene rings is 1. The summed E-state index contributed by atoms with van der Waals surface area (Å²) < 4.78 is 22.8. The molecule has 4 aliphatic rings. The Hall–Kier alpha value is -1.34. The molecule has 0 bridgehead atoms. The van der Waals surface area contributed by atoms with Crippen LogP contribution in [0.2, 0.25) is 0 Å². The fourth-order valence-electron chi connectivity index (χ4n) is 8.75. The van der Waals surface area contributed by atoms with Crippen molar-refractivity contribution < 1.29 is 28.4 Å². The normalized spacial score (nSPS) is 31.8. The Bertz CT molecular complexity index is 1260. The molecule has 6 atom stereocenters. The first-order valence-corrected chi connectivity index (χ1v) is 18.4. The van der Waals surface area contributed by atoms with Gasteiger partial charge in [-0.05, 0) is 109 Å². The van der Waals surface area contributed by atoms with Crippen molar-refractivity contribution in [3.63, 3.8) is 0 Å². The molecule has 0 saturated heterocycles. The van der Waals surface area contributed by atoms with Crippen molar-refractivity contribution in [3.8, 4) is 0 Å². The number of esters is 1. The molecule has 2 fully saturated rings.